The monoisotopic (exact) mass is 224 g/mol. The second kappa shape index (κ2) is 7.93. The Morgan fingerprint density at radius 3 is 2.69 bits per heavy atom. The van der Waals surface area contributed by atoms with E-state index in [0.717, 1.165) is 37.6 Å². The van der Waals surface area contributed by atoms with E-state index in [4.69, 9.17) is 9.47 Å². The Morgan fingerprint density at radius 1 is 1.19 bits per heavy atom. The zero-order valence-electron chi connectivity index (χ0n) is 10.0. The number of unbranched alkanes of at least 4 members (excludes halogenated alkanes) is 2. The summed E-state index contributed by atoms with van der Waals surface area (Å²) >= 11 is 0. The van der Waals surface area contributed by atoms with Crippen LogP contribution in [-0.2, 0) is 4.74 Å². The first-order chi connectivity index (χ1) is 7.86. The summed E-state index contributed by atoms with van der Waals surface area (Å²) in [6.45, 7) is 1.80. The highest BCUT2D eigenvalue weighted by Gasteiger charge is 1.94. The largest absolute Gasteiger partial charge is 0.495 e. The molecular weight excluding hydrogens is 204 g/mol. The third kappa shape index (κ3) is 4.98. The van der Waals surface area contributed by atoms with Crippen LogP contribution in [0.4, 0.5) is 5.82 Å². The van der Waals surface area contributed by atoms with Crippen molar-refractivity contribution in [1.82, 2.24) is 4.98 Å². The van der Waals surface area contributed by atoms with Crippen molar-refractivity contribution in [1.29, 1.82) is 0 Å². The van der Waals surface area contributed by atoms with Gasteiger partial charge in [0.05, 0.1) is 13.3 Å². The molecule has 90 valence electrons. The van der Waals surface area contributed by atoms with Gasteiger partial charge in [-0.15, -0.1) is 0 Å². The fraction of sp³-hybridized carbons (Fsp3) is 0.583. The van der Waals surface area contributed by atoms with E-state index >= 15 is 0 Å². The second-order valence-electron chi connectivity index (χ2n) is 3.56. The highest BCUT2D eigenvalue weighted by molar-refractivity contribution is 5.37. The molecule has 0 aliphatic carbocycles. The fourth-order valence-electron chi connectivity index (χ4n) is 1.37. The molecule has 0 bridgehead atoms. The summed E-state index contributed by atoms with van der Waals surface area (Å²) in [5.74, 6) is 1.68. The van der Waals surface area contributed by atoms with Crippen LogP contribution in [0.3, 0.4) is 0 Å². The lowest BCUT2D eigenvalue weighted by Crippen LogP contribution is -2.03. The van der Waals surface area contributed by atoms with Crippen LogP contribution < -0.4 is 10.1 Å². The Labute approximate surface area is 97.0 Å². The molecule has 16 heavy (non-hydrogen) atoms. The molecule has 1 heterocycles. The standard InChI is InChI=1S/C12H20N2O2/c1-15-9-5-3-4-8-13-12-7-6-11(16-2)10-14-12/h6-7,10H,3-5,8-9H2,1-2H3,(H,13,14). The minimum Gasteiger partial charge on any atom is -0.495 e. The predicted octanol–water partition coefficient (Wildman–Crippen LogP) is 2.32. The molecule has 0 fully saturated rings. The predicted molar refractivity (Wildman–Crippen MR) is 65.0 cm³/mol. The van der Waals surface area contributed by atoms with Crippen molar-refractivity contribution in [3.05, 3.63) is 18.3 Å². The molecule has 1 rings (SSSR count). The molecule has 0 saturated heterocycles. The summed E-state index contributed by atoms with van der Waals surface area (Å²) in [5, 5.41) is 3.27. The molecule has 0 aromatic carbocycles. The van der Waals surface area contributed by atoms with Gasteiger partial charge in [0.15, 0.2) is 0 Å². The van der Waals surface area contributed by atoms with E-state index in [9.17, 15) is 0 Å². The lowest BCUT2D eigenvalue weighted by Gasteiger charge is -2.06. The highest BCUT2D eigenvalue weighted by Crippen LogP contribution is 2.11. The Hall–Kier alpha value is -1.29. The maximum atomic E-state index is 5.03. The van der Waals surface area contributed by atoms with Gasteiger partial charge in [0, 0.05) is 20.3 Å². The second-order valence-corrected chi connectivity index (χ2v) is 3.56. The van der Waals surface area contributed by atoms with Crippen molar-refractivity contribution >= 4 is 5.82 Å². The first-order valence-corrected chi connectivity index (χ1v) is 5.59. The van der Waals surface area contributed by atoms with Crippen molar-refractivity contribution < 1.29 is 9.47 Å². The van der Waals surface area contributed by atoms with Crippen molar-refractivity contribution in [2.24, 2.45) is 0 Å². The summed E-state index contributed by atoms with van der Waals surface area (Å²) in [6, 6.07) is 3.83. The van der Waals surface area contributed by atoms with Gasteiger partial charge < -0.3 is 14.8 Å². The number of rotatable bonds is 8. The average Bonchev–Trinajstić information content (AvgIpc) is 2.34. The molecule has 0 aliphatic heterocycles. The zero-order valence-corrected chi connectivity index (χ0v) is 10.0. The van der Waals surface area contributed by atoms with Gasteiger partial charge >= 0.3 is 0 Å². The molecule has 0 atom stereocenters. The Morgan fingerprint density at radius 2 is 2.06 bits per heavy atom. The van der Waals surface area contributed by atoms with Gasteiger partial charge in [-0.05, 0) is 31.4 Å². The molecule has 1 aromatic heterocycles. The number of methoxy groups -OCH3 is 2. The number of nitrogens with zero attached hydrogens (tertiary/aromatic N) is 1. The summed E-state index contributed by atoms with van der Waals surface area (Å²) in [6.07, 6.45) is 5.15. The smallest absolute Gasteiger partial charge is 0.137 e. The molecule has 0 spiro atoms. The van der Waals surface area contributed by atoms with Crippen molar-refractivity contribution in [3.8, 4) is 5.75 Å². The van der Waals surface area contributed by atoms with E-state index in [2.05, 4.69) is 10.3 Å². The molecule has 4 heteroatoms. The van der Waals surface area contributed by atoms with Gasteiger partial charge in [-0.2, -0.15) is 0 Å². The minimum atomic E-state index is 0.783. The number of anilines is 1. The first-order valence-electron chi connectivity index (χ1n) is 5.59. The molecule has 0 aliphatic rings. The van der Waals surface area contributed by atoms with Gasteiger partial charge in [-0.3, -0.25) is 0 Å². The molecular formula is C12H20N2O2. The van der Waals surface area contributed by atoms with Gasteiger partial charge in [0.1, 0.15) is 11.6 Å². The minimum absolute atomic E-state index is 0.783. The Kier molecular flexibility index (Phi) is 6.33. The van der Waals surface area contributed by atoms with Gasteiger partial charge in [0.2, 0.25) is 0 Å². The van der Waals surface area contributed by atoms with Crippen LogP contribution in [0.25, 0.3) is 0 Å². The summed E-state index contributed by atoms with van der Waals surface area (Å²) < 4.78 is 10.0. The molecule has 0 amide bonds. The zero-order chi connectivity index (χ0) is 11.6. The molecule has 0 saturated carbocycles. The lowest BCUT2D eigenvalue weighted by atomic mass is 10.2. The third-order valence-corrected chi connectivity index (χ3v) is 2.30. The Bertz CT molecular complexity index is 275. The van der Waals surface area contributed by atoms with Crippen LogP contribution in [0.15, 0.2) is 18.3 Å². The number of nitrogens with one attached hydrogen (secondary N) is 1. The number of hydrogen-bond acceptors (Lipinski definition) is 4. The average molecular weight is 224 g/mol. The van der Waals surface area contributed by atoms with Crippen LogP contribution in [-0.4, -0.2) is 32.4 Å². The summed E-state index contributed by atoms with van der Waals surface area (Å²) in [4.78, 5) is 4.22. The maximum absolute atomic E-state index is 5.03. The third-order valence-electron chi connectivity index (χ3n) is 2.30. The summed E-state index contributed by atoms with van der Waals surface area (Å²) in [7, 11) is 3.37. The van der Waals surface area contributed by atoms with E-state index in [1.54, 1.807) is 20.4 Å². The topological polar surface area (TPSA) is 43.4 Å². The number of pyridine rings is 1. The molecule has 0 unspecified atom stereocenters. The lowest BCUT2D eigenvalue weighted by molar-refractivity contribution is 0.192. The van der Waals surface area contributed by atoms with Crippen LogP contribution in [0.1, 0.15) is 19.3 Å². The van der Waals surface area contributed by atoms with E-state index < -0.39 is 0 Å². The van der Waals surface area contributed by atoms with Gasteiger partial charge in [-0.1, -0.05) is 0 Å². The van der Waals surface area contributed by atoms with Crippen LogP contribution in [0.5, 0.6) is 5.75 Å². The van der Waals surface area contributed by atoms with E-state index in [1.807, 2.05) is 12.1 Å². The van der Waals surface area contributed by atoms with Crippen molar-refractivity contribution in [2.75, 3.05) is 32.7 Å². The molecule has 0 radical (unpaired) electrons. The van der Waals surface area contributed by atoms with E-state index in [-0.39, 0.29) is 0 Å². The van der Waals surface area contributed by atoms with E-state index in [1.165, 1.54) is 6.42 Å². The molecule has 4 nitrogen and oxygen atoms in total. The van der Waals surface area contributed by atoms with Crippen LogP contribution in [0.2, 0.25) is 0 Å². The Balaban J connectivity index is 2.12. The van der Waals surface area contributed by atoms with Crippen molar-refractivity contribution in [3.63, 3.8) is 0 Å². The molecule has 1 N–H and O–H groups in total. The quantitative estimate of drug-likeness (QED) is 0.688. The SMILES string of the molecule is COCCCCCNc1ccc(OC)cn1. The van der Waals surface area contributed by atoms with E-state index in [0.29, 0.717) is 0 Å². The number of hydrogen-bond donors (Lipinski definition) is 1. The molecule has 1 aromatic rings. The summed E-state index contributed by atoms with van der Waals surface area (Å²) in [5.41, 5.74) is 0. The first kappa shape index (κ1) is 12.8. The van der Waals surface area contributed by atoms with Crippen LogP contribution in [0, 0.1) is 0 Å². The fourth-order valence-corrected chi connectivity index (χ4v) is 1.37. The highest BCUT2D eigenvalue weighted by atomic mass is 16.5. The van der Waals surface area contributed by atoms with Crippen molar-refractivity contribution in [2.45, 2.75) is 19.3 Å². The normalized spacial score (nSPS) is 10.1. The maximum Gasteiger partial charge on any atom is 0.137 e. The number of aromatic nitrogens is 1. The van der Waals surface area contributed by atoms with Gasteiger partial charge in [0.25, 0.3) is 0 Å². The number of ether oxygens (including phenoxy) is 2. The van der Waals surface area contributed by atoms with Crippen LogP contribution >= 0.6 is 0 Å². The van der Waals surface area contributed by atoms with Gasteiger partial charge in [-0.25, -0.2) is 4.98 Å².